The van der Waals surface area contributed by atoms with E-state index in [1.807, 2.05) is 6.92 Å². The molecular formula is C11H18N4O2. The minimum atomic E-state index is -0.0309. The summed E-state index contributed by atoms with van der Waals surface area (Å²) in [6.45, 7) is 3.21. The Hall–Kier alpha value is -1.43. The molecule has 94 valence electrons. The topological polar surface area (TPSA) is 79.9 Å². The zero-order valence-corrected chi connectivity index (χ0v) is 9.98. The van der Waals surface area contributed by atoms with Gasteiger partial charge in [0.25, 0.3) is 0 Å². The fourth-order valence-corrected chi connectivity index (χ4v) is 2.16. The summed E-state index contributed by atoms with van der Waals surface area (Å²) in [4.78, 5) is 16.0. The Bertz CT molecular complexity index is 352. The van der Waals surface area contributed by atoms with Crippen molar-refractivity contribution in [2.75, 3.05) is 6.61 Å². The van der Waals surface area contributed by atoms with Gasteiger partial charge in [-0.25, -0.2) is 4.98 Å². The number of nitrogens with one attached hydrogen (secondary N) is 2. The van der Waals surface area contributed by atoms with E-state index in [1.165, 1.54) is 6.33 Å². The van der Waals surface area contributed by atoms with Crippen molar-refractivity contribution in [1.82, 2.24) is 20.5 Å². The SMILES string of the molecule is CC[C@H]1OCCC[C@H]1C(=O)NCc1ncn[nH]1. The molecule has 6 nitrogen and oxygen atoms in total. The Balaban J connectivity index is 1.85. The van der Waals surface area contributed by atoms with Crippen molar-refractivity contribution in [2.45, 2.75) is 38.8 Å². The Morgan fingerprint density at radius 1 is 1.71 bits per heavy atom. The normalized spacial score (nSPS) is 24.5. The van der Waals surface area contributed by atoms with Crippen LogP contribution in [-0.2, 0) is 16.1 Å². The van der Waals surface area contributed by atoms with Gasteiger partial charge in [0.05, 0.1) is 18.6 Å². The molecule has 2 rings (SSSR count). The predicted octanol–water partition coefficient (Wildman–Crippen LogP) is 0.626. The van der Waals surface area contributed by atoms with Gasteiger partial charge in [0.1, 0.15) is 12.2 Å². The van der Waals surface area contributed by atoms with Gasteiger partial charge in [-0.3, -0.25) is 9.89 Å². The van der Waals surface area contributed by atoms with Gasteiger partial charge in [-0.1, -0.05) is 6.92 Å². The molecule has 17 heavy (non-hydrogen) atoms. The summed E-state index contributed by atoms with van der Waals surface area (Å²) in [6.07, 6.45) is 4.22. The van der Waals surface area contributed by atoms with Crippen molar-refractivity contribution in [3.63, 3.8) is 0 Å². The van der Waals surface area contributed by atoms with E-state index in [1.54, 1.807) is 0 Å². The number of rotatable bonds is 4. The highest BCUT2D eigenvalue weighted by atomic mass is 16.5. The summed E-state index contributed by atoms with van der Waals surface area (Å²) < 4.78 is 5.60. The summed E-state index contributed by atoms with van der Waals surface area (Å²) >= 11 is 0. The first-order valence-corrected chi connectivity index (χ1v) is 6.04. The van der Waals surface area contributed by atoms with Gasteiger partial charge in [-0.05, 0) is 19.3 Å². The van der Waals surface area contributed by atoms with Crippen molar-refractivity contribution < 1.29 is 9.53 Å². The van der Waals surface area contributed by atoms with Crippen LogP contribution in [0.5, 0.6) is 0 Å². The van der Waals surface area contributed by atoms with Crippen LogP contribution < -0.4 is 5.32 Å². The summed E-state index contributed by atoms with van der Waals surface area (Å²) in [5.74, 6) is 0.688. The van der Waals surface area contributed by atoms with Crippen LogP contribution in [0.3, 0.4) is 0 Å². The maximum atomic E-state index is 12.0. The van der Waals surface area contributed by atoms with Crippen molar-refractivity contribution >= 4 is 5.91 Å². The van der Waals surface area contributed by atoms with Gasteiger partial charge < -0.3 is 10.1 Å². The van der Waals surface area contributed by atoms with Crippen LogP contribution in [0, 0.1) is 5.92 Å². The molecule has 1 saturated heterocycles. The van der Waals surface area contributed by atoms with E-state index >= 15 is 0 Å². The van der Waals surface area contributed by atoms with E-state index in [2.05, 4.69) is 20.5 Å². The molecule has 1 aromatic heterocycles. The average molecular weight is 238 g/mol. The molecule has 1 aliphatic rings. The van der Waals surface area contributed by atoms with Crippen LogP contribution >= 0.6 is 0 Å². The number of nitrogens with zero attached hydrogens (tertiary/aromatic N) is 2. The standard InChI is InChI=1S/C11H18N4O2/c1-2-9-8(4-3-5-17-9)11(16)12-6-10-13-7-14-15-10/h7-9H,2-6H2,1H3,(H,12,16)(H,13,14,15)/t8-,9-/m1/s1. The number of carbonyl (C=O) groups is 1. The lowest BCUT2D eigenvalue weighted by Crippen LogP contribution is -2.41. The molecule has 6 heteroatoms. The summed E-state index contributed by atoms with van der Waals surface area (Å²) in [6, 6.07) is 0. The molecule has 1 amide bonds. The van der Waals surface area contributed by atoms with Gasteiger partial charge in [0, 0.05) is 6.61 Å². The number of hydrogen-bond donors (Lipinski definition) is 2. The van der Waals surface area contributed by atoms with Crippen molar-refractivity contribution in [3.8, 4) is 0 Å². The molecule has 0 unspecified atom stereocenters. The van der Waals surface area contributed by atoms with Crippen LogP contribution in [0.2, 0.25) is 0 Å². The van der Waals surface area contributed by atoms with E-state index in [0.29, 0.717) is 12.4 Å². The average Bonchev–Trinajstić information content (AvgIpc) is 2.89. The number of aromatic nitrogens is 3. The Kier molecular flexibility index (Phi) is 4.08. The quantitative estimate of drug-likeness (QED) is 0.806. The number of aromatic amines is 1. The van der Waals surface area contributed by atoms with E-state index in [-0.39, 0.29) is 17.9 Å². The first-order chi connectivity index (χ1) is 8.31. The maximum absolute atomic E-state index is 12.0. The summed E-state index contributed by atoms with van der Waals surface area (Å²) in [5.41, 5.74) is 0. The zero-order chi connectivity index (χ0) is 12.1. The van der Waals surface area contributed by atoms with Gasteiger partial charge in [0.15, 0.2) is 0 Å². The molecule has 2 N–H and O–H groups in total. The van der Waals surface area contributed by atoms with Crippen molar-refractivity contribution in [1.29, 1.82) is 0 Å². The lowest BCUT2D eigenvalue weighted by Gasteiger charge is -2.29. The second kappa shape index (κ2) is 5.77. The number of H-pyrrole nitrogens is 1. The van der Waals surface area contributed by atoms with Gasteiger partial charge in [-0.2, -0.15) is 5.10 Å². The zero-order valence-electron chi connectivity index (χ0n) is 9.98. The minimum Gasteiger partial charge on any atom is -0.377 e. The smallest absolute Gasteiger partial charge is 0.226 e. The third kappa shape index (κ3) is 3.03. The van der Waals surface area contributed by atoms with Crippen LogP contribution in [-0.4, -0.2) is 33.8 Å². The summed E-state index contributed by atoms with van der Waals surface area (Å²) in [5, 5.41) is 9.31. The highest BCUT2D eigenvalue weighted by Crippen LogP contribution is 2.23. The van der Waals surface area contributed by atoms with E-state index in [9.17, 15) is 4.79 Å². The third-order valence-electron chi connectivity index (χ3n) is 3.07. The Labute approximate surface area is 100 Å². The molecule has 0 bridgehead atoms. The highest BCUT2D eigenvalue weighted by Gasteiger charge is 2.30. The number of ether oxygens (including phenoxy) is 1. The van der Waals surface area contributed by atoms with Gasteiger partial charge >= 0.3 is 0 Å². The minimum absolute atomic E-state index is 0.0309. The lowest BCUT2D eigenvalue weighted by atomic mass is 9.92. The van der Waals surface area contributed by atoms with Crippen LogP contribution in [0.1, 0.15) is 32.0 Å². The van der Waals surface area contributed by atoms with Gasteiger partial charge in [-0.15, -0.1) is 0 Å². The van der Waals surface area contributed by atoms with Gasteiger partial charge in [0.2, 0.25) is 5.91 Å². The Morgan fingerprint density at radius 2 is 2.59 bits per heavy atom. The molecule has 1 fully saturated rings. The first kappa shape index (κ1) is 12.0. The molecule has 1 aromatic rings. The second-order valence-electron chi connectivity index (χ2n) is 4.22. The molecule has 0 aliphatic carbocycles. The predicted molar refractivity (Wildman–Crippen MR) is 61.0 cm³/mol. The molecule has 0 spiro atoms. The second-order valence-corrected chi connectivity index (χ2v) is 4.22. The number of amides is 1. The largest absolute Gasteiger partial charge is 0.377 e. The van der Waals surface area contributed by atoms with Crippen LogP contribution in [0.15, 0.2) is 6.33 Å². The molecular weight excluding hydrogens is 220 g/mol. The fraction of sp³-hybridized carbons (Fsp3) is 0.727. The van der Waals surface area contributed by atoms with E-state index in [0.717, 1.165) is 25.9 Å². The highest BCUT2D eigenvalue weighted by molar-refractivity contribution is 5.79. The van der Waals surface area contributed by atoms with E-state index in [4.69, 9.17) is 4.74 Å². The lowest BCUT2D eigenvalue weighted by molar-refractivity contribution is -0.134. The van der Waals surface area contributed by atoms with Crippen LogP contribution in [0.4, 0.5) is 0 Å². The first-order valence-electron chi connectivity index (χ1n) is 6.04. The van der Waals surface area contributed by atoms with Crippen LogP contribution in [0.25, 0.3) is 0 Å². The third-order valence-corrected chi connectivity index (χ3v) is 3.07. The molecule has 2 atom stereocenters. The monoisotopic (exact) mass is 238 g/mol. The number of carbonyl (C=O) groups excluding carboxylic acids is 1. The molecule has 2 heterocycles. The maximum Gasteiger partial charge on any atom is 0.226 e. The van der Waals surface area contributed by atoms with Crippen molar-refractivity contribution in [3.05, 3.63) is 12.2 Å². The van der Waals surface area contributed by atoms with Crippen molar-refractivity contribution in [2.24, 2.45) is 5.92 Å². The number of hydrogen-bond acceptors (Lipinski definition) is 4. The fourth-order valence-electron chi connectivity index (χ4n) is 2.16. The van der Waals surface area contributed by atoms with E-state index < -0.39 is 0 Å². The molecule has 1 aliphatic heterocycles. The molecule has 0 radical (unpaired) electrons. The molecule has 0 saturated carbocycles. The summed E-state index contributed by atoms with van der Waals surface area (Å²) in [7, 11) is 0. The Morgan fingerprint density at radius 3 is 3.29 bits per heavy atom. The molecule has 0 aromatic carbocycles.